The first-order valence-corrected chi connectivity index (χ1v) is 6.45. The highest BCUT2D eigenvalue weighted by atomic mass is 19.1. The molecule has 0 saturated carbocycles. The van der Waals surface area contributed by atoms with Crippen LogP contribution in [0.2, 0.25) is 0 Å². The highest BCUT2D eigenvalue weighted by Crippen LogP contribution is 2.26. The predicted octanol–water partition coefficient (Wildman–Crippen LogP) is 0.696. The second-order valence-electron chi connectivity index (χ2n) is 5.63. The molecule has 0 spiro atoms. The van der Waals surface area contributed by atoms with Crippen molar-refractivity contribution in [2.24, 2.45) is 0 Å². The fourth-order valence-electron chi connectivity index (χ4n) is 2.45. The Kier molecular flexibility index (Phi) is 3.91. The van der Waals surface area contributed by atoms with E-state index in [-0.39, 0.29) is 5.82 Å². The number of nitrogen functional groups attached to an aromatic ring is 1. The summed E-state index contributed by atoms with van der Waals surface area (Å²) >= 11 is 0. The minimum Gasteiger partial charge on any atom is -0.396 e. The Morgan fingerprint density at radius 2 is 1.95 bits per heavy atom. The molecule has 0 aromatic carbocycles. The number of nitrogens with zero attached hydrogens (tertiary/aromatic N) is 3. The van der Waals surface area contributed by atoms with Crippen LogP contribution in [-0.4, -0.2) is 53.3 Å². The average molecular weight is 268 g/mol. The van der Waals surface area contributed by atoms with Gasteiger partial charge in [0.05, 0.1) is 29.4 Å². The zero-order chi connectivity index (χ0) is 14.0. The zero-order valence-electron chi connectivity index (χ0n) is 11.4. The molecule has 0 unspecified atom stereocenters. The number of aromatic nitrogens is 1. The van der Waals surface area contributed by atoms with Crippen molar-refractivity contribution in [3.63, 3.8) is 0 Å². The molecule has 0 radical (unpaired) electrons. The Balaban J connectivity index is 2.00. The number of halogens is 1. The molecular weight excluding hydrogens is 247 g/mol. The van der Waals surface area contributed by atoms with Crippen LogP contribution in [0.5, 0.6) is 0 Å². The molecule has 1 aliphatic rings. The molecule has 1 saturated heterocycles. The van der Waals surface area contributed by atoms with Gasteiger partial charge in [-0.15, -0.1) is 0 Å². The number of pyridine rings is 1. The summed E-state index contributed by atoms with van der Waals surface area (Å²) in [6, 6.07) is 0. The van der Waals surface area contributed by atoms with E-state index in [0.29, 0.717) is 31.0 Å². The molecular formula is C13H21FN4O. The highest BCUT2D eigenvalue weighted by molar-refractivity contribution is 5.67. The van der Waals surface area contributed by atoms with Gasteiger partial charge in [-0.25, -0.2) is 4.39 Å². The maximum atomic E-state index is 13.8. The summed E-state index contributed by atoms with van der Waals surface area (Å²) in [5, 5.41) is 9.80. The largest absolute Gasteiger partial charge is 0.396 e. The van der Waals surface area contributed by atoms with Gasteiger partial charge in [-0.1, -0.05) is 0 Å². The van der Waals surface area contributed by atoms with E-state index in [1.54, 1.807) is 13.8 Å². The van der Waals surface area contributed by atoms with E-state index in [0.717, 1.165) is 13.1 Å². The van der Waals surface area contributed by atoms with Crippen LogP contribution < -0.4 is 10.6 Å². The standard InChI is InChI=1S/C13H21FN4O/c1-13(2,19)9-17-3-5-18(6-4-17)12-10(14)7-16-8-11(12)15/h7-8,19H,3-6,9,15H2,1-2H3. The summed E-state index contributed by atoms with van der Waals surface area (Å²) in [6.07, 6.45) is 2.66. The molecule has 1 aliphatic heterocycles. The topological polar surface area (TPSA) is 65.6 Å². The van der Waals surface area contributed by atoms with Crippen LogP contribution in [0.1, 0.15) is 13.8 Å². The van der Waals surface area contributed by atoms with E-state index in [9.17, 15) is 9.50 Å². The van der Waals surface area contributed by atoms with Crippen LogP contribution >= 0.6 is 0 Å². The number of hydrogen-bond acceptors (Lipinski definition) is 5. The van der Waals surface area contributed by atoms with Crippen LogP contribution in [0.25, 0.3) is 0 Å². The van der Waals surface area contributed by atoms with Gasteiger partial charge in [-0.05, 0) is 13.8 Å². The zero-order valence-corrected chi connectivity index (χ0v) is 11.4. The predicted molar refractivity (Wildman–Crippen MR) is 73.6 cm³/mol. The van der Waals surface area contributed by atoms with Crippen LogP contribution in [0.15, 0.2) is 12.4 Å². The molecule has 19 heavy (non-hydrogen) atoms. The molecule has 0 bridgehead atoms. The average Bonchev–Trinajstić information content (AvgIpc) is 2.29. The third-order valence-electron chi connectivity index (χ3n) is 3.20. The lowest BCUT2D eigenvalue weighted by molar-refractivity contribution is 0.0344. The van der Waals surface area contributed by atoms with Gasteiger partial charge in [0.15, 0.2) is 5.82 Å². The molecule has 1 aromatic rings. The number of hydrogen-bond donors (Lipinski definition) is 2. The summed E-state index contributed by atoms with van der Waals surface area (Å²) in [7, 11) is 0. The van der Waals surface area contributed by atoms with Crippen molar-refractivity contribution in [3.8, 4) is 0 Å². The highest BCUT2D eigenvalue weighted by Gasteiger charge is 2.24. The second kappa shape index (κ2) is 5.30. The van der Waals surface area contributed by atoms with Gasteiger partial charge >= 0.3 is 0 Å². The molecule has 5 nitrogen and oxygen atoms in total. The lowest BCUT2D eigenvalue weighted by Crippen LogP contribution is -2.50. The normalized spacial score (nSPS) is 17.8. The Morgan fingerprint density at radius 3 is 2.47 bits per heavy atom. The van der Waals surface area contributed by atoms with E-state index >= 15 is 0 Å². The van der Waals surface area contributed by atoms with Gasteiger partial charge in [0.25, 0.3) is 0 Å². The van der Waals surface area contributed by atoms with Crippen molar-refractivity contribution in [1.29, 1.82) is 0 Å². The van der Waals surface area contributed by atoms with Gasteiger partial charge in [-0.2, -0.15) is 0 Å². The molecule has 1 aromatic heterocycles. The molecule has 1 fully saturated rings. The SMILES string of the molecule is CC(C)(O)CN1CCN(c2c(N)cncc2F)CC1. The Bertz CT molecular complexity index is 419. The number of rotatable bonds is 3. The molecule has 106 valence electrons. The monoisotopic (exact) mass is 268 g/mol. The summed E-state index contributed by atoms with van der Waals surface area (Å²) in [5.41, 5.74) is 5.90. The third kappa shape index (κ3) is 3.54. The van der Waals surface area contributed by atoms with E-state index < -0.39 is 5.60 Å². The van der Waals surface area contributed by atoms with Crippen molar-refractivity contribution in [2.45, 2.75) is 19.4 Å². The van der Waals surface area contributed by atoms with Crippen molar-refractivity contribution in [2.75, 3.05) is 43.4 Å². The summed E-state index contributed by atoms with van der Waals surface area (Å²) < 4.78 is 13.8. The van der Waals surface area contributed by atoms with Crippen molar-refractivity contribution >= 4 is 11.4 Å². The number of piperazine rings is 1. The van der Waals surface area contributed by atoms with Crippen LogP contribution in [-0.2, 0) is 0 Å². The Labute approximate surface area is 112 Å². The lowest BCUT2D eigenvalue weighted by Gasteiger charge is -2.38. The fraction of sp³-hybridized carbons (Fsp3) is 0.615. The smallest absolute Gasteiger partial charge is 0.166 e. The quantitative estimate of drug-likeness (QED) is 0.844. The Hall–Kier alpha value is -1.40. The summed E-state index contributed by atoms with van der Waals surface area (Å²) in [6.45, 7) is 7.16. The van der Waals surface area contributed by atoms with Crippen LogP contribution in [0.4, 0.5) is 15.8 Å². The number of nitrogens with two attached hydrogens (primary N) is 1. The maximum Gasteiger partial charge on any atom is 0.166 e. The minimum atomic E-state index is -0.705. The van der Waals surface area contributed by atoms with Gasteiger partial charge in [0.2, 0.25) is 0 Å². The van der Waals surface area contributed by atoms with Crippen molar-refractivity contribution in [3.05, 3.63) is 18.2 Å². The second-order valence-corrected chi connectivity index (χ2v) is 5.63. The molecule has 2 rings (SSSR count). The van der Waals surface area contributed by atoms with Crippen molar-refractivity contribution < 1.29 is 9.50 Å². The molecule has 3 N–H and O–H groups in total. The van der Waals surface area contributed by atoms with E-state index in [1.165, 1.54) is 12.4 Å². The van der Waals surface area contributed by atoms with Gasteiger partial charge < -0.3 is 15.7 Å². The van der Waals surface area contributed by atoms with Gasteiger partial charge in [0.1, 0.15) is 0 Å². The van der Waals surface area contributed by atoms with Gasteiger partial charge in [0, 0.05) is 32.7 Å². The summed E-state index contributed by atoms with van der Waals surface area (Å²) in [4.78, 5) is 7.84. The fourth-order valence-corrected chi connectivity index (χ4v) is 2.45. The number of aliphatic hydroxyl groups is 1. The van der Waals surface area contributed by atoms with E-state index in [1.807, 2.05) is 4.90 Å². The number of β-amino-alcohol motifs (C(OH)–C–C–N with tert-alkyl or cyclic N) is 1. The van der Waals surface area contributed by atoms with Gasteiger partial charge in [-0.3, -0.25) is 9.88 Å². The van der Waals surface area contributed by atoms with E-state index in [2.05, 4.69) is 9.88 Å². The molecule has 0 atom stereocenters. The Morgan fingerprint density at radius 1 is 1.32 bits per heavy atom. The van der Waals surface area contributed by atoms with E-state index in [4.69, 9.17) is 5.73 Å². The maximum absolute atomic E-state index is 13.8. The molecule has 6 heteroatoms. The molecule has 0 amide bonds. The molecule has 0 aliphatic carbocycles. The third-order valence-corrected chi connectivity index (χ3v) is 3.20. The van der Waals surface area contributed by atoms with Crippen LogP contribution in [0.3, 0.4) is 0 Å². The molecule has 2 heterocycles. The first kappa shape index (κ1) is 14.0. The lowest BCUT2D eigenvalue weighted by atomic mass is 10.1. The summed E-state index contributed by atoms with van der Waals surface area (Å²) in [5.74, 6) is -0.379. The first-order chi connectivity index (χ1) is 8.87. The first-order valence-electron chi connectivity index (χ1n) is 6.45. The minimum absolute atomic E-state index is 0.371. The van der Waals surface area contributed by atoms with Crippen LogP contribution in [0, 0.1) is 5.82 Å². The number of anilines is 2. The van der Waals surface area contributed by atoms with Crippen molar-refractivity contribution in [1.82, 2.24) is 9.88 Å².